The van der Waals surface area contributed by atoms with Crippen LogP contribution in [0.2, 0.25) is 0 Å². The number of carbonyl (C=O) groups is 2. The predicted octanol–water partition coefficient (Wildman–Crippen LogP) is 3.59. The Labute approximate surface area is 138 Å². The Morgan fingerprint density at radius 2 is 2.00 bits per heavy atom. The lowest BCUT2D eigenvalue weighted by molar-refractivity contribution is 0.0831. The third kappa shape index (κ3) is 3.53. The number of aromatic nitrogens is 1. The molecule has 0 aliphatic rings. The largest absolute Gasteiger partial charge is 0.344 e. The van der Waals surface area contributed by atoms with E-state index in [1.807, 2.05) is 11.4 Å². The number of rotatable bonds is 4. The molecular formula is C15H19N3O2S2. The smallest absolute Gasteiger partial charge is 0.265 e. The molecule has 2 heterocycles. The predicted molar refractivity (Wildman–Crippen MR) is 91.2 cm³/mol. The van der Waals surface area contributed by atoms with Crippen molar-refractivity contribution in [2.75, 3.05) is 19.4 Å². The maximum absolute atomic E-state index is 12.2. The Morgan fingerprint density at radius 1 is 1.32 bits per heavy atom. The number of hydrogen-bond donors (Lipinski definition) is 1. The third-order valence-corrected chi connectivity index (χ3v) is 5.36. The van der Waals surface area contributed by atoms with Crippen LogP contribution >= 0.6 is 22.7 Å². The van der Waals surface area contributed by atoms with Gasteiger partial charge in [-0.25, -0.2) is 4.98 Å². The average molecular weight is 337 g/mol. The average Bonchev–Trinajstić information content (AvgIpc) is 3.04. The van der Waals surface area contributed by atoms with Gasteiger partial charge in [-0.2, -0.15) is 0 Å². The highest BCUT2D eigenvalue weighted by Gasteiger charge is 2.19. The fourth-order valence-corrected chi connectivity index (χ4v) is 3.68. The molecule has 2 aromatic rings. The summed E-state index contributed by atoms with van der Waals surface area (Å²) < 4.78 is 0. The van der Waals surface area contributed by atoms with E-state index in [-0.39, 0.29) is 11.8 Å². The Kier molecular flexibility index (Phi) is 4.97. The summed E-state index contributed by atoms with van der Waals surface area (Å²) in [6, 6.07) is 1.90. The van der Waals surface area contributed by atoms with E-state index in [0.717, 1.165) is 0 Å². The molecule has 5 nitrogen and oxygen atoms in total. The quantitative estimate of drug-likeness (QED) is 0.927. The van der Waals surface area contributed by atoms with Crippen LogP contribution in [0.15, 0.2) is 11.4 Å². The van der Waals surface area contributed by atoms with Crippen molar-refractivity contribution in [3.8, 4) is 0 Å². The number of thiophene rings is 1. The van der Waals surface area contributed by atoms with Gasteiger partial charge in [-0.3, -0.25) is 14.9 Å². The monoisotopic (exact) mass is 337 g/mol. The van der Waals surface area contributed by atoms with Crippen LogP contribution in [0.1, 0.15) is 50.4 Å². The molecule has 2 rings (SSSR count). The molecule has 118 valence electrons. The van der Waals surface area contributed by atoms with Crippen LogP contribution in [0.4, 0.5) is 5.13 Å². The molecule has 0 spiro atoms. The van der Waals surface area contributed by atoms with E-state index in [1.54, 1.807) is 32.4 Å². The lowest BCUT2D eigenvalue weighted by atomic mass is 10.1. The SMILES string of the molecule is Cc1nc(NC(=O)c2csc(C(C)C)c2)sc1C(=O)N(C)C. The van der Waals surface area contributed by atoms with E-state index < -0.39 is 0 Å². The van der Waals surface area contributed by atoms with Gasteiger partial charge in [0.25, 0.3) is 11.8 Å². The van der Waals surface area contributed by atoms with Crippen molar-refractivity contribution in [1.29, 1.82) is 0 Å². The number of anilines is 1. The van der Waals surface area contributed by atoms with Gasteiger partial charge in [0.1, 0.15) is 4.88 Å². The van der Waals surface area contributed by atoms with Crippen LogP contribution in [0.5, 0.6) is 0 Å². The first-order chi connectivity index (χ1) is 10.3. The van der Waals surface area contributed by atoms with Crippen LogP contribution in [0.25, 0.3) is 0 Å². The van der Waals surface area contributed by atoms with Crippen molar-refractivity contribution in [1.82, 2.24) is 9.88 Å². The van der Waals surface area contributed by atoms with Gasteiger partial charge in [0.2, 0.25) is 0 Å². The molecule has 0 bridgehead atoms. The molecule has 2 aromatic heterocycles. The summed E-state index contributed by atoms with van der Waals surface area (Å²) in [7, 11) is 3.39. The number of thiazole rings is 1. The van der Waals surface area contributed by atoms with Crippen molar-refractivity contribution in [2.45, 2.75) is 26.7 Å². The molecule has 2 amide bonds. The van der Waals surface area contributed by atoms with Crippen LogP contribution in [0.3, 0.4) is 0 Å². The zero-order valence-electron chi connectivity index (χ0n) is 13.3. The standard InChI is InChI=1S/C15H19N3O2S2/c1-8(2)11-6-10(7-21-11)13(19)17-15-16-9(3)12(22-15)14(20)18(4)5/h6-8H,1-5H3,(H,16,17,19). The summed E-state index contributed by atoms with van der Waals surface area (Å²) in [6.45, 7) is 5.96. The van der Waals surface area contributed by atoms with E-state index in [0.29, 0.717) is 27.2 Å². The first-order valence-corrected chi connectivity index (χ1v) is 8.58. The highest BCUT2D eigenvalue weighted by atomic mass is 32.1. The van der Waals surface area contributed by atoms with Crippen LogP contribution in [-0.4, -0.2) is 35.8 Å². The highest BCUT2D eigenvalue weighted by Crippen LogP contribution is 2.26. The van der Waals surface area contributed by atoms with Gasteiger partial charge in [-0.1, -0.05) is 25.2 Å². The second-order valence-corrected chi connectivity index (χ2v) is 7.42. The Hall–Kier alpha value is -1.73. The lowest BCUT2D eigenvalue weighted by Crippen LogP contribution is -2.21. The topological polar surface area (TPSA) is 62.3 Å². The zero-order valence-corrected chi connectivity index (χ0v) is 14.9. The maximum Gasteiger partial charge on any atom is 0.265 e. The molecule has 0 saturated heterocycles. The molecule has 0 unspecified atom stereocenters. The Bertz CT molecular complexity index is 701. The van der Waals surface area contributed by atoms with Gasteiger partial charge in [0, 0.05) is 24.4 Å². The molecule has 0 aliphatic heterocycles. The van der Waals surface area contributed by atoms with Crippen molar-refractivity contribution < 1.29 is 9.59 Å². The minimum Gasteiger partial charge on any atom is -0.344 e. The summed E-state index contributed by atoms with van der Waals surface area (Å²) in [5.74, 6) is 0.104. The number of nitrogens with zero attached hydrogens (tertiary/aromatic N) is 2. The third-order valence-electron chi connectivity index (χ3n) is 3.07. The van der Waals surface area contributed by atoms with Gasteiger partial charge in [0.05, 0.1) is 11.3 Å². The molecule has 0 atom stereocenters. The summed E-state index contributed by atoms with van der Waals surface area (Å²) in [5, 5.41) is 5.06. The van der Waals surface area contributed by atoms with Crippen molar-refractivity contribution >= 4 is 39.6 Å². The van der Waals surface area contributed by atoms with Gasteiger partial charge < -0.3 is 4.90 Å². The molecule has 0 saturated carbocycles. The van der Waals surface area contributed by atoms with Crippen molar-refractivity contribution in [3.63, 3.8) is 0 Å². The fraction of sp³-hybridized carbons (Fsp3) is 0.400. The number of carbonyl (C=O) groups excluding carboxylic acids is 2. The van der Waals surface area contributed by atoms with Gasteiger partial charge in [-0.05, 0) is 18.9 Å². The maximum atomic E-state index is 12.2. The van der Waals surface area contributed by atoms with Gasteiger partial charge in [0.15, 0.2) is 5.13 Å². The lowest BCUT2D eigenvalue weighted by Gasteiger charge is -2.07. The number of hydrogen-bond acceptors (Lipinski definition) is 5. The zero-order chi connectivity index (χ0) is 16.4. The molecule has 0 radical (unpaired) electrons. The molecule has 1 N–H and O–H groups in total. The minimum absolute atomic E-state index is 0.104. The molecule has 0 aromatic carbocycles. The van der Waals surface area contributed by atoms with Crippen LogP contribution < -0.4 is 5.32 Å². The first-order valence-electron chi connectivity index (χ1n) is 6.88. The minimum atomic E-state index is -0.194. The Morgan fingerprint density at radius 3 is 2.55 bits per heavy atom. The summed E-state index contributed by atoms with van der Waals surface area (Å²) in [5.41, 5.74) is 1.26. The van der Waals surface area contributed by atoms with Crippen molar-refractivity contribution in [2.24, 2.45) is 0 Å². The first kappa shape index (κ1) is 16.6. The summed E-state index contributed by atoms with van der Waals surface area (Å²) >= 11 is 2.78. The van der Waals surface area contributed by atoms with Crippen molar-refractivity contribution in [3.05, 3.63) is 32.5 Å². The Balaban J connectivity index is 2.15. The number of nitrogens with one attached hydrogen (secondary N) is 1. The summed E-state index contributed by atoms with van der Waals surface area (Å²) in [6.07, 6.45) is 0. The van der Waals surface area contributed by atoms with E-state index in [2.05, 4.69) is 24.1 Å². The molecule has 0 aliphatic carbocycles. The van der Waals surface area contributed by atoms with E-state index in [4.69, 9.17) is 0 Å². The van der Waals surface area contributed by atoms with E-state index in [9.17, 15) is 9.59 Å². The van der Waals surface area contributed by atoms with E-state index in [1.165, 1.54) is 21.1 Å². The van der Waals surface area contributed by atoms with Crippen LogP contribution in [0, 0.1) is 6.92 Å². The van der Waals surface area contributed by atoms with Gasteiger partial charge in [-0.15, -0.1) is 11.3 Å². The normalized spacial score (nSPS) is 10.8. The van der Waals surface area contributed by atoms with Gasteiger partial charge >= 0.3 is 0 Å². The second kappa shape index (κ2) is 6.58. The number of amides is 2. The molecular weight excluding hydrogens is 318 g/mol. The summed E-state index contributed by atoms with van der Waals surface area (Å²) in [4.78, 5) is 31.7. The molecule has 22 heavy (non-hydrogen) atoms. The second-order valence-electron chi connectivity index (χ2n) is 5.48. The van der Waals surface area contributed by atoms with Crippen LogP contribution in [-0.2, 0) is 0 Å². The fourth-order valence-electron chi connectivity index (χ4n) is 1.80. The molecule has 0 fully saturated rings. The molecule has 7 heteroatoms. The highest BCUT2D eigenvalue weighted by molar-refractivity contribution is 7.17. The number of aryl methyl sites for hydroxylation is 1. The van der Waals surface area contributed by atoms with E-state index >= 15 is 0 Å².